The molecule has 1 rings (SSSR count). The molecule has 110 valence electrons. The second kappa shape index (κ2) is 10.2. The molecule has 3 heteroatoms. The molecule has 1 atom stereocenters. The summed E-state index contributed by atoms with van der Waals surface area (Å²) in [6, 6.07) is 9.60. The highest BCUT2D eigenvalue weighted by Gasteiger charge is 2.11. The summed E-state index contributed by atoms with van der Waals surface area (Å²) in [4.78, 5) is 22.6. The summed E-state index contributed by atoms with van der Waals surface area (Å²) < 4.78 is 5.19. The van der Waals surface area contributed by atoms with Crippen LogP contribution in [0.15, 0.2) is 30.3 Å². The molecule has 0 saturated carbocycles. The third kappa shape index (κ3) is 7.07. The number of aldehydes is 1. The van der Waals surface area contributed by atoms with E-state index in [-0.39, 0.29) is 11.9 Å². The van der Waals surface area contributed by atoms with Crippen LogP contribution in [0.3, 0.4) is 0 Å². The Morgan fingerprint density at radius 2 is 1.95 bits per heavy atom. The maximum absolute atomic E-state index is 11.6. The number of hydrogen-bond acceptors (Lipinski definition) is 3. The summed E-state index contributed by atoms with van der Waals surface area (Å²) >= 11 is 0. The lowest BCUT2D eigenvalue weighted by atomic mass is 9.98. The molecule has 0 aliphatic rings. The minimum absolute atomic E-state index is 0.00850. The minimum Gasteiger partial charge on any atom is -0.461 e. The molecule has 1 unspecified atom stereocenters. The van der Waals surface area contributed by atoms with Crippen molar-refractivity contribution < 1.29 is 14.3 Å². The molecule has 1 aromatic rings. The molecule has 0 fully saturated rings. The van der Waals surface area contributed by atoms with E-state index in [9.17, 15) is 9.59 Å². The fourth-order valence-corrected chi connectivity index (χ4v) is 2.05. The van der Waals surface area contributed by atoms with Crippen LogP contribution in [0.5, 0.6) is 0 Å². The Morgan fingerprint density at radius 1 is 1.20 bits per heavy atom. The van der Waals surface area contributed by atoms with Gasteiger partial charge in [0.1, 0.15) is 12.9 Å². The molecule has 0 aliphatic carbocycles. The summed E-state index contributed by atoms with van der Waals surface area (Å²) in [5.41, 5.74) is 0.982. The Labute approximate surface area is 121 Å². The molecule has 0 spiro atoms. The van der Waals surface area contributed by atoms with E-state index in [0.717, 1.165) is 37.5 Å². The van der Waals surface area contributed by atoms with Gasteiger partial charge in [-0.15, -0.1) is 0 Å². The van der Waals surface area contributed by atoms with Crippen LogP contribution in [0.4, 0.5) is 0 Å². The summed E-state index contributed by atoms with van der Waals surface area (Å²) in [6.07, 6.45) is 6.11. The maximum Gasteiger partial charge on any atom is 0.306 e. The number of benzene rings is 1. The van der Waals surface area contributed by atoms with Gasteiger partial charge in [0.15, 0.2) is 0 Å². The van der Waals surface area contributed by atoms with Gasteiger partial charge in [-0.05, 0) is 18.4 Å². The van der Waals surface area contributed by atoms with Crippen molar-refractivity contribution in [2.24, 2.45) is 5.92 Å². The number of carbonyl (C=O) groups is 2. The van der Waals surface area contributed by atoms with E-state index in [2.05, 4.69) is 6.92 Å². The van der Waals surface area contributed by atoms with Crippen LogP contribution in [-0.2, 0) is 20.9 Å². The van der Waals surface area contributed by atoms with Gasteiger partial charge in [0, 0.05) is 12.3 Å². The van der Waals surface area contributed by atoms with Crippen molar-refractivity contribution in [3.8, 4) is 0 Å². The fraction of sp³-hybridized carbons (Fsp3) is 0.529. The average Bonchev–Trinajstić information content (AvgIpc) is 2.49. The minimum atomic E-state index is -0.226. The lowest BCUT2D eigenvalue weighted by Crippen LogP contribution is -2.09. The molecule has 3 nitrogen and oxygen atoms in total. The van der Waals surface area contributed by atoms with E-state index < -0.39 is 0 Å². The quantitative estimate of drug-likeness (QED) is 0.370. The van der Waals surface area contributed by atoms with Crippen molar-refractivity contribution in [1.82, 2.24) is 0 Å². The van der Waals surface area contributed by atoms with Gasteiger partial charge in [-0.3, -0.25) is 4.79 Å². The molecule has 0 amide bonds. The van der Waals surface area contributed by atoms with Crippen LogP contribution >= 0.6 is 0 Å². The van der Waals surface area contributed by atoms with E-state index >= 15 is 0 Å². The van der Waals surface area contributed by atoms with Gasteiger partial charge < -0.3 is 9.53 Å². The first-order chi connectivity index (χ1) is 9.76. The van der Waals surface area contributed by atoms with Crippen molar-refractivity contribution in [1.29, 1.82) is 0 Å². The zero-order valence-electron chi connectivity index (χ0n) is 12.2. The molecule has 0 aliphatic heterocycles. The summed E-state index contributed by atoms with van der Waals surface area (Å²) in [7, 11) is 0. The number of rotatable bonds is 10. The molecule has 0 saturated heterocycles. The summed E-state index contributed by atoms with van der Waals surface area (Å²) in [6.45, 7) is 2.44. The van der Waals surface area contributed by atoms with Crippen molar-refractivity contribution in [2.45, 2.75) is 52.1 Å². The first-order valence-electron chi connectivity index (χ1n) is 7.41. The number of unbranched alkanes of at least 4 members (excludes halogenated alkanes) is 2. The predicted octanol–water partition coefficient (Wildman–Crippen LogP) is 3.91. The maximum atomic E-state index is 11.6. The smallest absolute Gasteiger partial charge is 0.306 e. The highest BCUT2D eigenvalue weighted by molar-refractivity contribution is 5.70. The van der Waals surface area contributed by atoms with Crippen molar-refractivity contribution in [3.63, 3.8) is 0 Å². The number of carbonyl (C=O) groups excluding carboxylic acids is 2. The van der Waals surface area contributed by atoms with E-state index in [4.69, 9.17) is 4.74 Å². The lowest BCUT2D eigenvalue weighted by molar-refractivity contribution is -0.145. The van der Waals surface area contributed by atoms with Crippen LogP contribution in [0, 0.1) is 5.92 Å². The third-order valence-electron chi connectivity index (χ3n) is 3.33. The van der Waals surface area contributed by atoms with Gasteiger partial charge in [0.05, 0.1) is 0 Å². The van der Waals surface area contributed by atoms with Crippen LogP contribution in [0.2, 0.25) is 0 Å². The molecule has 1 aromatic carbocycles. The first kappa shape index (κ1) is 16.4. The topological polar surface area (TPSA) is 43.4 Å². The second-order valence-corrected chi connectivity index (χ2v) is 5.08. The predicted molar refractivity (Wildman–Crippen MR) is 79.2 cm³/mol. The standard InChI is InChI=1S/C17H24O3/c1-2-3-5-8-15(13-18)11-12-17(19)20-14-16-9-6-4-7-10-16/h4,6-7,9-10,13,15H,2-3,5,8,11-12,14H2,1H3. The molecule has 0 heterocycles. The molecular formula is C17H24O3. The van der Waals surface area contributed by atoms with Gasteiger partial charge in [-0.25, -0.2) is 0 Å². The van der Waals surface area contributed by atoms with Crippen molar-refractivity contribution in [3.05, 3.63) is 35.9 Å². The van der Waals surface area contributed by atoms with Gasteiger partial charge in [-0.1, -0.05) is 56.5 Å². The zero-order valence-corrected chi connectivity index (χ0v) is 12.2. The van der Waals surface area contributed by atoms with Gasteiger partial charge in [0.2, 0.25) is 0 Å². The normalized spacial score (nSPS) is 11.8. The number of esters is 1. The molecule has 20 heavy (non-hydrogen) atoms. The average molecular weight is 276 g/mol. The largest absolute Gasteiger partial charge is 0.461 e. The number of hydrogen-bond donors (Lipinski definition) is 0. The molecule has 0 aromatic heterocycles. The van der Waals surface area contributed by atoms with Gasteiger partial charge in [-0.2, -0.15) is 0 Å². The Morgan fingerprint density at radius 3 is 2.60 bits per heavy atom. The van der Waals surface area contributed by atoms with Crippen LogP contribution < -0.4 is 0 Å². The molecule has 0 radical (unpaired) electrons. The van der Waals surface area contributed by atoms with Crippen LogP contribution in [0.25, 0.3) is 0 Å². The van der Waals surface area contributed by atoms with E-state index in [1.807, 2.05) is 30.3 Å². The monoisotopic (exact) mass is 276 g/mol. The molecule has 0 bridgehead atoms. The Hall–Kier alpha value is -1.64. The highest BCUT2D eigenvalue weighted by Crippen LogP contribution is 2.14. The van der Waals surface area contributed by atoms with Gasteiger partial charge >= 0.3 is 5.97 Å². The second-order valence-electron chi connectivity index (χ2n) is 5.08. The summed E-state index contributed by atoms with van der Waals surface area (Å²) in [5, 5.41) is 0. The highest BCUT2D eigenvalue weighted by atomic mass is 16.5. The lowest BCUT2D eigenvalue weighted by Gasteiger charge is -2.09. The molecule has 0 N–H and O–H groups in total. The number of ether oxygens (including phenoxy) is 1. The van der Waals surface area contributed by atoms with E-state index in [1.54, 1.807) is 0 Å². The Balaban J connectivity index is 2.19. The van der Waals surface area contributed by atoms with Crippen LogP contribution in [-0.4, -0.2) is 12.3 Å². The van der Waals surface area contributed by atoms with Crippen LogP contribution in [0.1, 0.15) is 51.0 Å². The fourth-order valence-electron chi connectivity index (χ4n) is 2.05. The first-order valence-corrected chi connectivity index (χ1v) is 7.41. The van der Waals surface area contributed by atoms with Crippen molar-refractivity contribution in [2.75, 3.05) is 0 Å². The van der Waals surface area contributed by atoms with E-state index in [1.165, 1.54) is 0 Å². The van der Waals surface area contributed by atoms with Crippen molar-refractivity contribution >= 4 is 12.3 Å². The summed E-state index contributed by atoms with van der Waals surface area (Å²) in [5.74, 6) is -0.234. The SMILES string of the molecule is CCCCCC(C=O)CCC(=O)OCc1ccccc1. The van der Waals surface area contributed by atoms with E-state index in [0.29, 0.717) is 19.4 Å². The molecular weight excluding hydrogens is 252 g/mol. The van der Waals surface area contributed by atoms with Gasteiger partial charge in [0.25, 0.3) is 0 Å². The Bertz CT molecular complexity index is 386. The third-order valence-corrected chi connectivity index (χ3v) is 3.33. The zero-order chi connectivity index (χ0) is 14.6. The Kier molecular flexibility index (Phi) is 8.36.